The minimum Gasteiger partial charge on any atom is -0.480 e. The van der Waals surface area contributed by atoms with Crippen molar-refractivity contribution in [3.63, 3.8) is 0 Å². The molecule has 9 atom stereocenters. The van der Waals surface area contributed by atoms with Crippen LogP contribution in [0.3, 0.4) is 0 Å². The standard InChI is InChI=1S/C40H69N9O11/c1-19(2)17-25(33(52)46-31(22(7)8)40(59)60)44-37(56)32(24(10)50)47-35(54)27-14-12-15-48(27)38(57)23(9)43-36(55)30(21(5)6)45-28(51)18-42-34(53)26-13-11-16-49(26)39(58)29(41)20(3)4/h19-27,29-32,50H,11-18,41H2,1-10H3,(H,42,53)(H,43,55)(H,44,56)(H,45,51)(H,46,52)(H,47,54)(H,59,60)/t23-,24+,25-,26-,27-,29-,30-,31-,32-/m0/s1. The molecule has 0 saturated carbocycles. The van der Waals surface area contributed by atoms with E-state index in [9.17, 15) is 53.4 Å². The highest BCUT2D eigenvalue weighted by atomic mass is 16.4. The SMILES string of the molecule is CC(C)C[C@H](NC(=O)[C@@H](NC(=O)[C@@H]1CCCN1C(=O)[C@H](C)NC(=O)[C@@H](NC(=O)CNC(=O)[C@@H]1CCCN1C(=O)[C@@H](N)C(C)C)C(C)C)[C@@H](C)O)C(=O)N[C@H](C(=O)O)C(C)C. The molecule has 10 N–H and O–H groups in total. The summed E-state index contributed by atoms with van der Waals surface area (Å²) in [6.45, 7) is 16.6. The van der Waals surface area contributed by atoms with Gasteiger partial charge in [0.2, 0.25) is 47.3 Å². The zero-order valence-corrected chi connectivity index (χ0v) is 36.7. The van der Waals surface area contributed by atoms with Crippen LogP contribution >= 0.6 is 0 Å². The van der Waals surface area contributed by atoms with Crippen molar-refractivity contribution < 1.29 is 53.4 Å². The molecule has 0 aromatic rings. The second kappa shape index (κ2) is 23.2. The first-order valence-corrected chi connectivity index (χ1v) is 20.9. The maximum Gasteiger partial charge on any atom is 0.326 e. The van der Waals surface area contributed by atoms with E-state index in [1.165, 1.54) is 23.6 Å². The number of carbonyl (C=O) groups excluding carboxylic acids is 8. The smallest absolute Gasteiger partial charge is 0.326 e. The molecule has 0 radical (unpaired) electrons. The van der Waals surface area contributed by atoms with Crippen molar-refractivity contribution in [1.82, 2.24) is 41.7 Å². The van der Waals surface area contributed by atoms with Gasteiger partial charge in [0, 0.05) is 13.1 Å². The summed E-state index contributed by atoms with van der Waals surface area (Å²) in [6, 6.07) is -8.81. The molecule has 2 heterocycles. The van der Waals surface area contributed by atoms with Gasteiger partial charge in [0.15, 0.2) is 0 Å². The molecular formula is C40H69N9O11. The molecule has 340 valence electrons. The minimum absolute atomic E-state index is 0.106. The molecule has 2 saturated heterocycles. The highest BCUT2D eigenvalue weighted by Crippen LogP contribution is 2.21. The van der Waals surface area contributed by atoms with Gasteiger partial charge in [0.05, 0.1) is 18.7 Å². The molecule has 2 aliphatic rings. The molecule has 0 aromatic heterocycles. The lowest BCUT2D eigenvalue weighted by Gasteiger charge is -2.31. The Balaban J connectivity index is 2.06. The van der Waals surface area contributed by atoms with Crippen LogP contribution in [0.1, 0.15) is 101 Å². The summed E-state index contributed by atoms with van der Waals surface area (Å²) in [7, 11) is 0. The Morgan fingerprint density at radius 1 is 0.617 bits per heavy atom. The molecule has 2 fully saturated rings. The first kappa shape index (κ1) is 51.3. The monoisotopic (exact) mass is 852 g/mol. The van der Waals surface area contributed by atoms with E-state index in [0.717, 1.165) is 0 Å². The number of carboxylic acid groups (broad SMARTS) is 1. The van der Waals surface area contributed by atoms with Crippen LogP contribution in [0.4, 0.5) is 0 Å². The number of likely N-dealkylation sites (tertiary alicyclic amines) is 2. The van der Waals surface area contributed by atoms with Crippen LogP contribution in [0.15, 0.2) is 0 Å². The van der Waals surface area contributed by atoms with Gasteiger partial charge < -0.3 is 57.6 Å². The Bertz CT molecular complexity index is 1570. The third-order valence-electron chi connectivity index (χ3n) is 10.7. The van der Waals surface area contributed by atoms with Gasteiger partial charge in [-0.1, -0.05) is 55.4 Å². The van der Waals surface area contributed by atoms with Crippen molar-refractivity contribution in [3.05, 3.63) is 0 Å². The van der Waals surface area contributed by atoms with E-state index < -0.39 is 120 Å². The summed E-state index contributed by atoms with van der Waals surface area (Å²) >= 11 is 0. The van der Waals surface area contributed by atoms with E-state index in [2.05, 4.69) is 31.9 Å². The molecule has 20 nitrogen and oxygen atoms in total. The van der Waals surface area contributed by atoms with Crippen LogP contribution in [0.2, 0.25) is 0 Å². The van der Waals surface area contributed by atoms with Gasteiger partial charge in [-0.25, -0.2) is 4.79 Å². The lowest BCUT2D eigenvalue weighted by Crippen LogP contribution is -2.61. The summed E-state index contributed by atoms with van der Waals surface area (Å²) in [5, 5.41) is 35.3. The van der Waals surface area contributed by atoms with Crippen molar-refractivity contribution >= 4 is 53.2 Å². The maximum atomic E-state index is 13.7. The van der Waals surface area contributed by atoms with Gasteiger partial charge in [0.25, 0.3) is 0 Å². The fourth-order valence-electron chi connectivity index (χ4n) is 7.13. The van der Waals surface area contributed by atoms with E-state index in [1.807, 2.05) is 13.8 Å². The number of carboxylic acids is 1. The number of nitrogens with one attached hydrogen (secondary N) is 6. The number of aliphatic carboxylic acids is 1. The normalized spacial score (nSPS) is 20.1. The number of carbonyl (C=O) groups is 9. The second-order valence-corrected chi connectivity index (χ2v) is 17.4. The number of hydrogen-bond acceptors (Lipinski definition) is 11. The third kappa shape index (κ3) is 14.4. The Kier molecular flexibility index (Phi) is 19.9. The summed E-state index contributed by atoms with van der Waals surface area (Å²) in [5.41, 5.74) is 6.02. The quantitative estimate of drug-likeness (QED) is 0.0627. The van der Waals surface area contributed by atoms with E-state index in [0.29, 0.717) is 25.8 Å². The molecule has 0 aliphatic carbocycles. The first-order chi connectivity index (χ1) is 27.9. The van der Waals surface area contributed by atoms with Crippen LogP contribution in [0, 0.1) is 23.7 Å². The van der Waals surface area contributed by atoms with Gasteiger partial charge >= 0.3 is 5.97 Å². The third-order valence-corrected chi connectivity index (χ3v) is 10.7. The average molecular weight is 852 g/mol. The molecule has 0 bridgehead atoms. The molecule has 8 amide bonds. The number of rotatable bonds is 21. The molecule has 2 rings (SSSR count). The predicted octanol–water partition coefficient (Wildman–Crippen LogP) is -1.66. The largest absolute Gasteiger partial charge is 0.480 e. The average Bonchev–Trinajstić information content (AvgIpc) is 3.86. The van der Waals surface area contributed by atoms with Crippen LogP contribution in [-0.4, -0.2) is 147 Å². The van der Waals surface area contributed by atoms with E-state index in [-0.39, 0.29) is 37.1 Å². The van der Waals surface area contributed by atoms with Gasteiger partial charge in [-0.2, -0.15) is 0 Å². The fourth-order valence-corrected chi connectivity index (χ4v) is 7.13. The fraction of sp³-hybridized carbons (Fsp3) is 0.775. The highest BCUT2D eigenvalue weighted by Gasteiger charge is 2.41. The van der Waals surface area contributed by atoms with Gasteiger partial charge in [0.1, 0.15) is 42.3 Å². The molecule has 0 aromatic carbocycles. The second-order valence-electron chi connectivity index (χ2n) is 17.4. The number of amides is 8. The van der Waals surface area contributed by atoms with Crippen molar-refractivity contribution in [2.75, 3.05) is 19.6 Å². The predicted molar refractivity (Wildman–Crippen MR) is 219 cm³/mol. The number of hydrogen-bond donors (Lipinski definition) is 9. The van der Waals surface area contributed by atoms with Crippen molar-refractivity contribution in [2.45, 2.75) is 156 Å². The summed E-state index contributed by atoms with van der Waals surface area (Å²) in [5.74, 6) is -7.58. The van der Waals surface area contributed by atoms with Crippen LogP contribution in [0.25, 0.3) is 0 Å². The lowest BCUT2D eigenvalue weighted by molar-refractivity contribution is -0.144. The Morgan fingerprint density at radius 2 is 1.13 bits per heavy atom. The highest BCUT2D eigenvalue weighted by molar-refractivity contribution is 5.98. The van der Waals surface area contributed by atoms with Crippen molar-refractivity contribution in [2.24, 2.45) is 29.4 Å². The zero-order valence-electron chi connectivity index (χ0n) is 36.7. The number of aliphatic hydroxyl groups excluding tert-OH is 1. The van der Waals surface area contributed by atoms with Gasteiger partial charge in [-0.3, -0.25) is 38.4 Å². The zero-order chi connectivity index (χ0) is 45.8. The van der Waals surface area contributed by atoms with E-state index in [1.54, 1.807) is 41.5 Å². The van der Waals surface area contributed by atoms with Crippen LogP contribution < -0.4 is 37.6 Å². The lowest BCUT2D eigenvalue weighted by atomic mass is 10.00. The topological polar surface area (TPSA) is 299 Å². The van der Waals surface area contributed by atoms with E-state index >= 15 is 0 Å². The van der Waals surface area contributed by atoms with Crippen molar-refractivity contribution in [3.8, 4) is 0 Å². The van der Waals surface area contributed by atoms with Crippen LogP contribution in [-0.2, 0) is 43.2 Å². The molecule has 0 unspecified atom stereocenters. The molecule has 20 heteroatoms. The van der Waals surface area contributed by atoms with E-state index in [4.69, 9.17) is 5.73 Å². The number of aliphatic hydroxyl groups is 1. The summed E-state index contributed by atoms with van der Waals surface area (Å²) in [4.78, 5) is 120. The Labute approximate surface area is 352 Å². The Morgan fingerprint density at radius 3 is 1.62 bits per heavy atom. The van der Waals surface area contributed by atoms with Gasteiger partial charge in [-0.05, 0) is 69.6 Å². The molecule has 0 spiro atoms. The van der Waals surface area contributed by atoms with Crippen LogP contribution in [0.5, 0.6) is 0 Å². The molecular weight excluding hydrogens is 782 g/mol. The van der Waals surface area contributed by atoms with Crippen molar-refractivity contribution in [1.29, 1.82) is 0 Å². The van der Waals surface area contributed by atoms with Gasteiger partial charge in [-0.15, -0.1) is 0 Å². The summed E-state index contributed by atoms with van der Waals surface area (Å²) in [6.07, 6.45) is 0.346. The minimum atomic E-state index is -1.54. The maximum absolute atomic E-state index is 13.7. The number of nitrogens with two attached hydrogens (primary N) is 1. The first-order valence-electron chi connectivity index (χ1n) is 20.9. The number of nitrogens with zero attached hydrogens (tertiary/aromatic N) is 2. The summed E-state index contributed by atoms with van der Waals surface area (Å²) < 4.78 is 0. The molecule has 2 aliphatic heterocycles. The molecule has 60 heavy (non-hydrogen) atoms. The Hall–Kier alpha value is -4.85.